The molecule has 1 aromatic rings. The van der Waals surface area contributed by atoms with Gasteiger partial charge in [-0.3, -0.25) is 14.4 Å². The summed E-state index contributed by atoms with van der Waals surface area (Å²) in [5, 5.41) is 13.2. The maximum Gasteiger partial charge on any atom is 0.329 e. The maximum atomic E-state index is 13.7. The SMILES string of the molecule is CC1=C[C@@H](O)CC(=O)Cc2nc(co2)C(=O)N2CCC[C@@H]2C(=O)O[C@H]([C@@H](C)CN2CCN(C)CC2)[C@H](C)/C=C/C(=O)NCC=C1. The molecule has 2 saturated heterocycles. The number of hydrogen-bond donors (Lipinski definition) is 2. The van der Waals surface area contributed by atoms with Gasteiger partial charge in [-0.15, -0.1) is 0 Å². The molecule has 0 saturated carbocycles. The zero-order valence-corrected chi connectivity index (χ0v) is 26.8. The van der Waals surface area contributed by atoms with Crippen molar-refractivity contribution in [3.8, 4) is 0 Å². The first-order chi connectivity index (χ1) is 21.5. The number of esters is 1. The van der Waals surface area contributed by atoms with Crippen LogP contribution in [0.2, 0.25) is 0 Å². The van der Waals surface area contributed by atoms with Crippen LogP contribution in [-0.4, -0.2) is 119 Å². The fraction of sp³-hybridized carbons (Fsp3) is 0.606. The van der Waals surface area contributed by atoms with Crippen molar-refractivity contribution in [1.82, 2.24) is 25.0 Å². The molecule has 0 aromatic carbocycles. The lowest BCUT2D eigenvalue weighted by Gasteiger charge is -2.37. The minimum Gasteiger partial charge on any atom is -0.460 e. The zero-order chi connectivity index (χ0) is 32.5. The Morgan fingerprint density at radius 3 is 2.62 bits per heavy atom. The van der Waals surface area contributed by atoms with Gasteiger partial charge in [0, 0.05) is 64.1 Å². The van der Waals surface area contributed by atoms with Crippen molar-refractivity contribution in [3.05, 3.63) is 53.8 Å². The molecule has 2 fully saturated rings. The molecule has 246 valence electrons. The van der Waals surface area contributed by atoms with Gasteiger partial charge in [-0.1, -0.05) is 43.7 Å². The Morgan fingerprint density at radius 1 is 1.11 bits per heavy atom. The van der Waals surface area contributed by atoms with Crippen LogP contribution in [0.4, 0.5) is 0 Å². The summed E-state index contributed by atoms with van der Waals surface area (Å²) in [4.78, 5) is 62.6. The number of nitrogens with one attached hydrogen (secondary N) is 1. The second-order valence-corrected chi connectivity index (χ2v) is 12.5. The quantitative estimate of drug-likeness (QED) is 0.477. The van der Waals surface area contributed by atoms with Gasteiger partial charge < -0.3 is 34.3 Å². The summed E-state index contributed by atoms with van der Waals surface area (Å²) in [6.07, 6.45) is 8.72. The summed E-state index contributed by atoms with van der Waals surface area (Å²) in [5.41, 5.74) is 0.745. The van der Waals surface area contributed by atoms with E-state index >= 15 is 0 Å². The van der Waals surface area contributed by atoms with Crippen molar-refractivity contribution in [2.45, 2.75) is 64.7 Å². The summed E-state index contributed by atoms with van der Waals surface area (Å²) >= 11 is 0. The molecule has 0 radical (unpaired) electrons. The van der Waals surface area contributed by atoms with Crippen LogP contribution in [0.15, 0.2) is 46.6 Å². The maximum absolute atomic E-state index is 13.7. The van der Waals surface area contributed by atoms with Crippen LogP contribution in [0.3, 0.4) is 0 Å². The number of aliphatic hydroxyl groups is 1. The van der Waals surface area contributed by atoms with E-state index in [1.165, 1.54) is 17.2 Å². The van der Waals surface area contributed by atoms with Crippen molar-refractivity contribution in [2.24, 2.45) is 11.8 Å². The number of ketones is 1. The molecular weight excluding hydrogens is 578 g/mol. The number of allylic oxidation sites excluding steroid dienone is 2. The Hall–Kier alpha value is -3.61. The highest BCUT2D eigenvalue weighted by molar-refractivity contribution is 5.95. The predicted molar refractivity (Wildman–Crippen MR) is 167 cm³/mol. The number of cyclic esters (lactones) is 1. The average Bonchev–Trinajstić information content (AvgIpc) is 3.67. The molecule has 3 aliphatic heterocycles. The van der Waals surface area contributed by atoms with E-state index in [2.05, 4.69) is 34.1 Å². The number of oxazole rings is 1. The standard InChI is InChI=1S/C33H47N5O7/c1-22-7-5-11-34-29(41)10-9-23(2)31(24(3)20-37-15-13-36(4)14-16-37)45-33(43)28-8-6-12-38(28)32(42)27-21-44-30(35-27)19-26(40)18-25(39)17-22/h5,7,9-10,17,21,23-25,28,31,39H,6,8,11-16,18-20H2,1-4H3,(H,34,41)/b7-5?,10-9+,22-17?/t23-,24+,25-,28-,31+/m1/s1. The van der Waals surface area contributed by atoms with Crippen LogP contribution in [0.25, 0.3) is 0 Å². The number of likely N-dealkylation sites (N-methyl/N-ethyl adjacent to an activating group) is 1. The second kappa shape index (κ2) is 16.1. The van der Waals surface area contributed by atoms with Crippen LogP contribution in [0.1, 0.15) is 56.4 Å². The van der Waals surface area contributed by atoms with Gasteiger partial charge in [0.2, 0.25) is 11.8 Å². The zero-order valence-electron chi connectivity index (χ0n) is 26.8. The largest absolute Gasteiger partial charge is 0.460 e. The molecule has 1 aromatic heterocycles. The highest BCUT2D eigenvalue weighted by Crippen LogP contribution is 2.26. The molecule has 2 amide bonds. The number of hydrogen-bond acceptors (Lipinski definition) is 10. The molecule has 12 heteroatoms. The first-order valence-electron chi connectivity index (χ1n) is 15.9. The summed E-state index contributed by atoms with van der Waals surface area (Å²) in [7, 11) is 2.10. The lowest BCUT2D eigenvalue weighted by atomic mass is 9.91. The van der Waals surface area contributed by atoms with E-state index in [-0.39, 0.29) is 54.5 Å². The third kappa shape index (κ3) is 9.94. The summed E-state index contributed by atoms with van der Waals surface area (Å²) in [5.74, 6) is -1.78. The molecule has 0 spiro atoms. The van der Waals surface area contributed by atoms with Gasteiger partial charge in [0.1, 0.15) is 24.2 Å². The predicted octanol–water partition coefficient (Wildman–Crippen LogP) is 1.76. The van der Waals surface area contributed by atoms with Gasteiger partial charge in [-0.2, -0.15) is 0 Å². The summed E-state index contributed by atoms with van der Waals surface area (Å²) in [6, 6.07) is -0.782. The molecule has 2 N–H and O–H groups in total. The van der Waals surface area contributed by atoms with Crippen molar-refractivity contribution < 1.29 is 33.4 Å². The Labute approximate surface area is 265 Å². The third-order valence-corrected chi connectivity index (χ3v) is 8.60. The number of amides is 2. The summed E-state index contributed by atoms with van der Waals surface area (Å²) in [6.45, 7) is 10.9. The van der Waals surface area contributed by atoms with E-state index in [9.17, 15) is 24.3 Å². The van der Waals surface area contributed by atoms with Crippen LogP contribution in [-0.2, 0) is 25.5 Å². The molecule has 12 nitrogen and oxygen atoms in total. The number of piperazine rings is 1. The number of ether oxygens (including phenoxy) is 1. The number of aromatic nitrogens is 1. The number of carbonyl (C=O) groups excluding carboxylic acids is 4. The Kier molecular flexibility index (Phi) is 12.3. The molecule has 4 rings (SSSR count). The molecule has 45 heavy (non-hydrogen) atoms. The van der Waals surface area contributed by atoms with Crippen LogP contribution < -0.4 is 5.32 Å². The molecule has 3 aliphatic rings. The van der Waals surface area contributed by atoms with Gasteiger partial charge in [0.15, 0.2) is 5.69 Å². The lowest BCUT2D eigenvalue weighted by Crippen LogP contribution is -2.49. The minimum absolute atomic E-state index is 0.0135. The van der Waals surface area contributed by atoms with Gasteiger partial charge in [-0.25, -0.2) is 9.78 Å². The first kappa shape index (κ1) is 34.3. The van der Waals surface area contributed by atoms with E-state index in [4.69, 9.17) is 9.15 Å². The van der Waals surface area contributed by atoms with E-state index in [1.54, 1.807) is 31.2 Å². The van der Waals surface area contributed by atoms with Crippen molar-refractivity contribution in [3.63, 3.8) is 0 Å². The highest BCUT2D eigenvalue weighted by atomic mass is 16.5. The number of Topliss-reactive ketones (excluding diaryl/α,β-unsaturated/α-hetero) is 1. The van der Waals surface area contributed by atoms with Crippen molar-refractivity contribution in [1.29, 1.82) is 0 Å². The van der Waals surface area contributed by atoms with E-state index < -0.39 is 30.1 Å². The second-order valence-electron chi connectivity index (χ2n) is 12.5. The fourth-order valence-corrected chi connectivity index (χ4v) is 6.09. The molecule has 4 heterocycles. The van der Waals surface area contributed by atoms with Crippen molar-refractivity contribution >= 4 is 23.6 Å². The number of carbonyl (C=O) groups is 4. The van der Waals surface area contributed by atoms with Crippen LogP contribution in [0, 0.1) is 11.8 Å². The lowest BCUT2D eigenvalue weighted by molar-refractivity contribution is -0.158. The normalized spacial score (nSPS) is 28.6. The molecule has 0 unspecified atom stereocenters. The number of aliphatic hydroxyl groups excluding tert-OH is 1. The Balaban J connectivity index is 1.57. The molecular formula is C33H47N5O7. The van der Waals surface area contributed by atoms with Crippen molar-refractivity contribution in [2.75, 3.05) is 52.9 Å². The van der Waals surface area contributed by atoms with Gasteiger partial charge >= 0.3 is 5.97 Å². The minimum atomic E-state index is -1.01. The van der Waals surface area contributed by atoms with Crippen LogP contribution >= 0.6 is 0 Å². The smallest absolute Gasteiger partial charge is 0.329 e. The van der Waals surface area contributed by atoms with E-state index in [1.807, 2.05) is 6.92 Å². The Morgan fingerprint density at radius 2 is 1.87 bits per heavy atom. The molecule has 0 aliphatic carbocycles. The topological polar surface area (TPSA) is 146 Å². The average molecular weight is 626 g/mol. The fourth-order valence-electron chi connectivity index (χ4n) is 6.09. The molecule has 2 bridgehead atoms. The number of nitrogens with zero attached hydrogens (tertiary/aromatic N) is 4. The number of rotatable bonds is 3. The molecule has 5 atom stereocenters. The number of fused-ring (bicyclic) bond motifs is 3. The first-order valence-corrected chi connectivity index (χ1v) is 15.9. The Bertz CT molecular complexity index is 1300. The van der Waals surface area contributed by atoms with E-state index in [0.29, 0.717) is 19.4 Å². The van der Waals surface area contributed by atoms with Gasteiger partial charge in [0.05, 0.1) is 12.5 Å². The highest BCUT2D eigenvalue weighted by Gasteiger charge is 2.39. The van der Waals surface area contributed by atoms with Crippen LogP contribution in [0.5, 0.6) is 0 Å². The third-order valence-electron chi connectivity index (χ3n) is 8.60. The summed E-state index contributed by atoms with van der Waals surface area (Å²) < 4.78 is 11.6. The van der Waals surface area contributed by atoms with E-state index in [0.717, 1.165) is 38.3 Å². The monoisotopic (exact) mass is 625 g/mol. The van der Waals surface area contributed by atoms with Gasteiger partial charge in [-0.05, 0) is 32.9 Å². The van der Waals surface area contributed by atoms with Gasteiger partial charge in [0.25, 0.3) is 5.91 Å².